The van der Waals surface area contributed by atoms with Gasteiger partial charge in [0.25, 0.3) is 0 Å². The maximum absolute atomic E-state index is 12.1. The number of carbonyl (C=O) groups is 1. The summed E-state index contributed by atoms with van der Waals surface area (Å²) in [4.78, 5) is 14.7. The lowest BCUT2D eigenvalue weighted by Crippen LogP contribution is -2.35. The number of carbonyl (C=O) groups excluding carboxylic acids is 1. The van der Waals surface area contributed by atoms with Crippen LogP contribution in [0.2, 0.25) is 0 Å². The Morgan fingerprint density at radius 2 is 1.80 bits per heavy atom. The molecule has 0 unspecified atom stereocenters. The number of hydrogen-bond acceptors (Lipinski definition) is 3. The first-order valence-corrected chi connectivity index (χ1v) is 11.1. The van der Waals surface area contributed by atoms with E-state index in [1.165, 1.54) is 37.9 Å². The normalized spacial score (nSPS) is 15.5. The second-order valence-electron chi connectivity index (χ2n) is 8.48. The molecule has 1 aromatic heterocycles. The Balaban J connectivity index is 1.33. The topological polar surface area (TPSA) is 34.5 Å². The molecule has 158 valence electrons. The van der Waals surface area contributed by atoms with Crippen LogP contribution < -0.4 is 4.74 Å². The third-order valence-electron chi connectivity index (χ3n) is 6.41. The first-order chi connectivity index (χ1) is 14.7. The summed E-state index contributed by atoms with van der Waals surface area (Å²) in [5.41, 5.74) is 3.28. The molecule has 0 aliphatic carbocycles. The van der Waals surface area contributed by atoms with E-state index in [2.05, 4.69) is 39.8 Å². The predicted molar refractivity (Wildman–Crippen MR) is 122 cm³/mol. The number of hydrogen-bond donors (Lipinski definition) is 0. The number of Topliss-reactive ketones (excluding diaryl/α,β-unsaturated/α-hetero) is 1. The number of aromatic nitrogens is 1. The van der Waals surface area contributed by atoms with E-state index in [1.807, 2.05) is 24.4 Å². The Bertz CT molecular complexity index is 985. The molecule has 0 atom stereocenters. The molecule has 4 nitrogen and oxygen atoms in total. The summed E-state index contributed by atoms with van der Waals surface area (Å²) in [6.45, 7) is 6.01. The van der Waals surface area contributed by atoms with E-state index >= 15 is 0 Å². The summed E-state index contributed by atoms with van der Waals surface area (Å²) in [7, 11) is 1.69. The highest BCUT2D eigenvalue weighted by Crippen LogP contribution is 2.30. The number of piperidine rings is 1. The van der Waals surface area contributed by atoms with Crippen LogP contribution in [-0.2, 0) is 13.0 Å². The number of benzene rings is 2. The largest absolute Gasteiger partial charge is 0.495 e. The Labute approximate surface area is 179 Å². The highest BCUT2D eigenvalue weighted by Gasteiger charge is 2.20. The first kappa shape index (κ1) is 20.7. The maximum atomic E-state index is 12.1. The number of ether oxygens (including phenoxy) is 1. The number of methoxy groups -OCH3 is 1. The van der Waals surface area contributed by atoms with Crippen LogP contribution in [0.25, 0.3) is 10.9 Å². The highest BCUT2D eigenvalue weighted by atomic mass is 16.5. The predicted octanol–water partition coefficient (Wildman–Crippen LogP) is 5.20. The number of likely N-dealkylation sites (tertiary alicyclic amines) is 1. The molecule has 0 saturated carbocycles. The summed E-state index contributed by atoms with van der Waals surface area (Å²) in [6.07, 6.45) is 6.84. The first-order valence-electron chi connectivity index (χ1n) is 11.1. The van der Waals surface area contributed by atoms with Crippen molar-refractivity contribution in [2.24, 2.45) is 5.92 Å². The highest BCUT2D eigenvalue weighted by molar-refractivity contribution is 6.08. The number of nitrogens with zero attached hydrogens (tertiary/aromatic N) is 2. The molecule has 4 rings (SSSR count). The average molecular weight is 405 g/mol. The van der Waals surface area contributed by atoms with Crippen LogP contribution in [0.1, 0.15) is 42.1 Å². The lowest BCUT2D eigenvalue weighted by atomic mass is 9.90. The monoisotopic (exact) mass is 404 g/mol. The molecular formula is C26H32N2O2. The molecule has 0 spiro atoms. The van der Waals surface area contributed by atoms with Gasteiger partial charge in [0.05, 0.1) is 12.6 Å². The fraction of sp³-hybridized carbons (Fsp3) is 0.423. The van der Waals surface area contributed by atoms with Gasteiger partial charge < -0.3 is 14.2 Å². The third kappa shape index (κ3) is 4.59. The van der Waals surface area contributed by atoms with E-state index in [4.69, 9.17) is 4.74 Å². The Morgan fingerprint density at radius 3 is 2.50 bits per heavy atom. The van der Waals surface area contributed by atoms with Gasteiger partial charge in [0.1, 0.15) is 5.75 Å². The zero-order chi connectivity index (χ0) is 20.9. The van der Waals surface area contributed by atoms with Gasteiger partial charge in [-0.1, -0.05) is 42.5 Å². The van der Waals surface area contributed by atoms with Crippen molar-refractivity contribution >= 4 is 16.7 Å². The summed E-state index contributed by atoms with van der Waals surface area (Å²) in [5.74, 6) is 1.74. The standard InChI is InChI=1S/C26H32N2O2/c1-20(29)24-19-28(26-23(24)10-6-11-25(26)30-2)15-7-14-27-16-12-22(13-17-27)18-21-8-4-3-5-9-21/h3-6,8-11,19,22H,7,12-18H2,1-2H3. The molecule has 1 aliphatic rings. The van der Waals surface area contributed by atoms with Gasteiger partial charge in [-0.25, -0.2) is 0 Å². The van der Waals surface area contributed by atoms with Crippen LogP contribution in [0, 0.1) is 5.92 Å². The van der Waals surface area contributed by atoms with E-state index in [1.54, 1.807) is 14.0 Å². The molecule has 2 heterocycles. The average Bonchev–Trinajstić information content (AvgIpc) is 3.15. The molecule has 2 aromatic carbocycles. The van der Waals surface area contributed by atoms with Gasteiger partial charge in [0.2, 0.25) is 0 Å². The van der Waals surface area contributed by atoms with Crippen LogP contribution >= 0.6 is 0 Å². The fourth-order valence-corrected chi connectivity index (χ4v) is 4.77. The number of para-hydroxylation sites is 1. The van der Waals surface area contributed by atoms with Crippen LogP contribution in [0.5, 0.6) is 5.75 Å². The minimum atomic E-state index is 0.104. The molecule has 3 aromatic rings. The van der Waals surface area contributed by atoms with Crippen LogP contribution in [-0.4, -0.2) is 42.0 Å². The van der Waals surface area contributed by atoms with E-state index < -0.39 is 0 Å². The molecule has 0 amide bonds. The van der Waals surface area contributed by atoms with E-state index in [0.29, 0.717) is 0 Å². The molecule has 4 heteroatoms. The molecular weight excluding hydrogens is 372 g/mol. The molecule has 0 N–H and O–H groups in total. The fourth-order valence-electron chi connectivity index (χ4n) is 4.77. The van der Waals surface area contributed by atoms with Crippen LogP contribution in [0.4, 0.5) is 0 Å². The third-order valence-corrected chi connectivity index (χ3v) is 6.41. The summed E-state index contributed by atoms with van der Waals surface area (Å²) in [6, 6.07) is 16.8. The van der Waals surface area contributed by atoms with Crippen molar-refractivity contribution in [1.82, 2.24) is 9.47 Å². The second-order valence-corrected chi connectivity index (χ2v) is 8.48. The van der Waals surface area contributed by atoms with Gasteiger partial charge in [0.15, 0.2) is 5.78 Å². The van der Waals surface area contributed by atoms with Gasteiger partial charge in [0, 0.05) is 23.7 Å². The van der Waals surface area contributed by atoms with E-state index in [-0.39, 0.29) is 5.78 Å². The number of rotatable bonds is 8. The molecule has 30 heavy (non-hydrogen) atoms. The van der Waals surface area contributed by atoms with Crippen molar-refractivity contribution in [3.63, 3.8) is 0 Å². The van der Waals surface area contributed by atoms with Crippen molar-refractivity contribution in [2.45, 2.75) is 39.2 Å². The Hall–Kier alpha value is -2.59. The van der Waals surface area contributed by atoms with Gasteiger partial charge in [-0.2, -0.15) is 0 Å². The van der Waals surface area contributed by atoms with Gasteiger partial charge in [-0.3, -0.25) is 4.79 Å². The van der Waals surface area contributed by atoms with Crippen molar-refractivity contribution in [2.75, 3.05) is 26.7 Å². The molecule has 1 fully saturated rings. The van der Waals surface area contributed by atoms with Gasteiger partial charge in [-0.05, 0) is 69.8 Å². The summed E-state index contributed by atoms with van der Waals surface area (Å²) in [5, 5.41) is 0.989. The van der Waals surface area contributed by atoms with Crippen molar-refractivity contribution < 1.29 is 9.53 Å². The van der Waals surface area contributed by atoms with Gasteiger partial charge in [-0.15, -0.1) is 0 Å². The number of ketones is 1. The quantitative estimate of drug-likeness (QED) is 0.484. The van der Waals surface area contributed by atoms with Crippen LogP contribution in [0.15, 0.2) is 54.7 Å². The van der Waals surface area contributed by atoms with E-state index in [9.17, 15) is 4.79 Å². The second kappa shape index (κ2) is 9.48. The Kier molecular flexibility index (Phi) is 6.53. The number of fused-ring (bicyclic) bond motifs is 1. The molecule has 1 saturated heterocycles. The SMILES string of the molecule is COc1cccc2c(C(C)=O)cn(CCCN3CCC(Cc4ccccc4)CC3)c12. The lowest BCUT2D eigenvalue weighted by Gasteiger charge is -2.32. The maximum Gasteiger partial charge on any atom is 0.161 e. The number of aryl methyl sites for hydroxylation is 1. The zero-order valence-corrected chi connectivity index (χ0v) is 18.1. The van der Waals surface area contributed by atoms with Crippen molar-refractivity contribution in [3.8, 4) is 5.75 Å². The summed E-state index contributed by atoms with van der Waals surface area (Å²) < 4.78 is 7.78. The van der Waals surface area contributed by atoms with Crippen molar-refractivity contribution in [3.05, 3.63) is 65.9 Å². The summed E-state index contributed by atoms with van der Waals surface area (Å²) >= 11 is 0. The Morgan fingerprint density at radius 1 is 1.03 bits per heavy atom. The smallest absolute Gasteiger partial charge is 0.161 e. The van der Waals surface area contributed by atoms with E-state index in [0.717, 1.165) is 47.6 Å². The minimum absolute atomic E-state index is 0.104. The lowest BCUT2D eigenvalue weighted by molar-refractivity contribution is 0.101. The van der Waals surface area contributed by atoms with Crippen LogP contribution in [0.3, 0.4) is 0 Å². The van der Waals surface area contributed by atoms with Crippen molar-refractivity contribution in [1.29, 1.82) is 0 Å². The minimum Gasteiger partial charge on any atom is -0.495 e. The molecule has 0 radical (unpaired) electrons. The zero-order valence-electron chi connectivity index (χ0n) is 18.1. The molecule has 1 aliphatic heterocycles. The molecule has 0 bridgehead atoms. The van der Waals surface area contributed by atoms with Gasteiger partial charge >= 0.3 is 0 Å².